The molecule has 0 saturated carbocycles. The molecule has 0 aliphatic rings. The van der Waals surface area contributed by atoms with Crippen LogP contribution < -0.4 is 0 Å². The number of hydrogen-bond donors (Lipinski definition) is 0. The van der Waals surface area contributed by atoms with Crippen molar-refractivity contribution in [2.24, 2.45) is 0 Å². The van der Waals surface area contributed by atoms with E-state index in [1.807, 2.05) is 6.92 Å². The molecule has 0 aromatic carbocycles. The summed E-state index contributed by atoms with van der Waals surface area (Å²) < 4.78 is 0.0417. The summed E-state index contributed by atoms with van der Waals surface area (Å²) in [6.45, 7) is 6.17. The van der Waals surface area contributed by atoms with Crippen LogP contribution in [-0.4, -0.2) is 4.75 Å². The average molecular weight is 116 g/mol. The van der Waals surface area contributed by atoms with Crippen molar-refractivity contribution in [3.63, 3.8) is 0 Å². The van der Waals surface area contributed by atoms with E-state index in [2.05, 4.69) is 20.3 Å². The Morgan fingerprint density at radius 1 is 1.71 bits per heavy atom. The summed E-state index contributed by atoms with van der Waals surface area (Å²) in [5.41, 5.74) is 0. The van der Waals surface area contributed by atoms with Gasteiger partial charge in [0.2, 0.25) is 0 Å². The zero-order valence-electron chi connectivity index (χ0n) is 5.19. The lowest BCUT2D eigenvalue weighted by Gasteiger charge is -2.15. The van der Waals surface area contributed by atoms with Crippen LogP contribution in [0.15, 0.2) is 0 Å². The summed E-state index contributed by atoms with van der Waals surface area (Å²) in [6, 6.07) is 0. The Labute approximate surface area is 51.7 Å². The lowest BCUT2D eigenvalue weighted by Crippen LogP contribution is -2.12. The Morgan fingerprint density at radius 2 is 2.14 bits per heavy atom. The van der Waals surface area contributed by atoms with Gasteiger partial charge in [-0.15, -0.1) is 0 Å². The van der Waals surface area contributed by atoms with Gasteiger partial charge in [0.15, 0.2) is 0 Å². The second kappa shape index (κ2) is 2.61. The SMILES string of the molecule is C[CH]C(C)([S])CC. The molecule has 0 aliphatic carbocycles. The monoisotopic (exact) mass is 116 g/mol. The average Bonchev–Trinajstić information content (AvgIpc) is 1.68. The van der Waals surface area contributed by atoms with Crippen LogP contribution in [0.3, 0.4) is 0 Å². The van der Waals surface area contributed by atoms with Crippen LogP contribution in [0.4, 0.5) is 0 Å². The summed E-state index contributed by atoms with van der Waals surface area (Å²) in [5.74, 6) is 0. The number of hydrogen-bond acceptors (Lipinski definition) is 0. The Hall–Kier alpha value is 0.350. The van der Waals surface area contributed by atoms with E-state index in [9.17, 15) is 0 Å². The van der Waals surface area contributed by atoms with E-state index in [0.29, 0.717) is 0 Å². The molecule has 0 heterocycles. The molecular formula is C6H12S. The molecule has 0 nitrogen and oxygen atoms in total. The van der Waals surface area contributed by atoms with E-state index in [4.69, 9.17) is 12.6 Å². The van der Waals surface area contributed by atoms with E-state index in [-0.39, 0.29) is 4.75 Å². The third kappa shape index (κ3) is 2.98. The van der Waals surface area contributed by atoms with Crippen molar-refractivity contribution in [1.29, 1.82) is 0 Å². The maximum Gasteiger partial charge on any atom is 0.0261 e. The zero-order valence-corrected chi connectivity index (χ0v) is 6.01. The van der Waals surface area contributed by atoms with Gasteiger partial charge in [0, 0.05) is 4.75 Å². The van der Waals surface area contributed by atoms with Crippen LogP contribution in [0.25, 0.3) is 0 Å². The van der Waals surface area contributed by atoms with Crippen molar-refractivity contribution >= 4 is 12.6 Å². The molecule has 0 bridgehead atoms. The van der Waals surface area contributed by atoms with Gasteiger partial charge in [-0.3, -0.25) is 0 Å². The maximum absolute atomic E-state index is 5.09. The van der Waals surface area contributed by atoms with Gasteiger partial charge in [0.25, 0.3) is 0 Å². The highest BCUT2D eigenvalue weighted by Crippen LogP contribution is 2.19. The Morgan fingerprint density at radius 3 is 2.14 bits per heavy atom. The maximum atomic E-state index is 5.09. The highest BCUT2D eigenvalue weighted by atomic mass is 32.1. The molecule has 1 atom stereocenters. The summed E-state index contributed by atoms with van der Waals surface area (Å²) in [5, 5.41) is 0. The summed E-state index contributed by atoms with van der Waals surface area (Å²) in [4.78, 5) is 0. The first-order valence-electron chi connectivity index (χ1n) is 2.63. The Kier molecular flexibility index (Phi) is 2.74. The van der Waals surface area contributed by atoms with Crippen molar-refractivity contribution in [3.8, 4) is 0 Å². The molecule has 0 aliphatic heterocycles. The number of rotatable bonds is 2. The van der Waals surface area contributed by atoms with Gasteiger partial charge >= 0.3 is 0 Å². The molecule has 1 unspecified atom stereocenters. The third-order valence-corrected chi connectivity index (χ3v) is 1.84. The van der Waals surface area contributed by atoms with Crippen LogP contribution in [0.1, 0.15) is 27.2 Å². The van der Waals surface area contributed by atoms with Gasteiger partial charge in [-0.1, -0.05) is 26.5 Å². The highest BCUT2D eigenvalue weighted by molar-refractivity contribution is 7.81. The fourth-order valence-electron chi connectivity index (χ4n) is 0.204. The molecule has 0 fully saturated rings. The first-order valence-corrected chi connectivity index (χ1v) is 3.04. The molecule has 0 N–H and O–H groups in total. The van der Waals surface area contributed by atoms with Crippen LogP contribution in [-0.2, 0) is 0 Å². The Balaban J connectivity index is 3.36. The predicted octanol–water partition coefficient (Wildman–Crippen LogP) is 2.58. The summed E-state index contributed by atoms with van der Waals surface area (Å²) in [7, 11) is 0. The molecule has 0 spiro atoms. The van der Waals surface area contributed by atoms with Crippen LogP contribution in [0.5, 0.6) is 0 Å². The van der Waals surface area contributed by atoms with E-state index in [1.165, 1.54) is 0 Å². The van der Waals surface area contributed by atoms with E-state index in [1.54, 1.807) is 0 Å². The largest absolute Gasteiger partial charge is 0.0867 e. The molecule has 0 aromatic rings. The Bertz CT molecular complexity index is 42.1. The lowest BCUT2D eigenvalue weighted by molar-refractivity contribution is 0.712. The van der Waals surface area contributed by atoms with Gasteiger partial charge in [-0.05, 0) is 19.8 Å². The fourth-order valence-corrected chi connectivity index (χ4v) is 0.204. The minimum absolute atomic E-state index is 0.0417. The third-order valence-electron chi connectivity index (χ3n) is 1.31. The van der Waals surface area contributed by atoms with Crippen molar-refractivity contribution < 1.29 is 0 Å². The van der Waals surface area contributed by atoms with Crippen LogP contribution >= 0.6 is 12.6 Å². The summed E-state index contributed by atoms with van der Waals surface area (Å²) in [6.07, 6.45) is 3.11. The molecule has 0 rings (SSSR count). The van der Waals surface area contributed by atoms with Crippen LogP contribution in [0.2, 0.25) is 0 Å². The smallest absolute Gasteiger partial charge is 0.0261 e. The standard InChI is InChI=1S/C6H12S/c1-4-6(3,7)5-2/h4H,5H2,1-3H3. The second-order valence-corrected chi connectivity index (χ2v) is 2.89. The van der Waals surface area contributed by atoms with Crippen molar-refractivity contribution in [3.05, 3.63) is 6.42 Å². The first kappa shape index (κ1) is 7.35. The molecule has 0 amide bonds. The highest BCUT2D eigenvalue weighted by Gasteiger charge is 2.12. The van der Waals surface area contributed by atoms with E-state index in [0.717, 1.165) is 6.42 Å². The molecule has 1 heteroatoms. The van der Waals surface area contributed by atoms with Crippen LogP contribution in [0, 0.1) is 6.42 Å². The van der Waals surface area contributed by atoms with Gasteiger partial charge in [0.1, 0.15) is 0 Å². The molecule has 2 radical (unpaired) electrons. The molecule has 0 saturated heterocycles. The fraction of sp³-hybridized carbons (Fsp3) is 0.833. The minimum atomic E-state index is 0.0417. The molecule has 42 valence electrons. The van der Waals surface area contributed by atoms with Crippen molar-refractivity contribution in [2.45, 2.75) is 31.9 Å². The predicted molar refractivity (Wildman–Crippen MR) is 36.3 cm³/mol. The van der Waals surface area contributed by atoms with Gasteiger partial charge < -0.3 is 0 Å². The quantitative estimate of drug-likeness (QED) is 0.520. The first-order chi connectivity index (χ1) is 3.12. The van der Waals surface area contributed by atoms with E-state index < -0.39 is 0 Å². The molecule has 7 heavy (non-hydrogen) atoms. The lowest BCUT2D eigenvalue weighted by atomic mass is 10.1. The molecule has 0 aromatic heterocycles. The molecular weight excluding hydrogens is 104 g/mol. The van der Waals surface area contributed by atoms with Crippen molar-refractivity contribution in [2.75, 3.05) is 0 Å². The topological polar surface area (TPSA) is 0 Å². The normalized spacial score (nSPS) is 12.0. The van der Waals surface area contributed by atoms with Crippen molar-refractivity contribution in [1.82, 2.24) is 0 Å². The minimum Gasteiger partial charge on any atom is -0.0867 e. The van der Waals surface area contributed by atoms with Gasteiger partial charge in [-0.2, -0.15) is 0 Å². The zero-order chi connectivity index (χ0) is 5.91. The van der Waals surface area contributed by atoms with Gasteiger partial charge in [-0.25, -0.2) is 0 Å². The van der Waals surface area contributed by atoms with E-state index >= 15 is 0 Å². The summed E-state index contributed by atoms with van der Waals surface area (Å²) >= 11 is 5.09. The van der Waals surface area contributed by atoms with Gasteiger partial charge in [0.05, 0.1) is 0 Å². The second-order valence-electron chi connectivity index (χ2n) is 1.95.